The van der Waals surface area contributed by atoms with E-state index in [4.69, 9.17) is 14.5 Å². The molecule has 0 N–H and O–H groups in total. The molecule has 6 rings (SSSR count). The number of ether oxygens (including phenoxy) is 2. The van der Waals surface area contributed by atoms with E-state index in [-0.39, 0.29) is 0 Å². The number of nitrogens with zero attached hydrogens (tertiary/aromatic N) is 2. The van der Waals surface area contributed by atoms with Crippen LogP contribution in [0.5, 0.6) is 11.5 Å². The van der Waals surface area contributed by atoms with Gasteiger partial charge in [0.15, 0.2) is 11.5 Å². The molecule has 0 aliphatic carbocycles. The molecule has 0 amide bonds. The van der Waals surface area contributed by atoms with Crippen molar-refractivity contribution >= 4 is 40.2 Å². The summed E-state index contributed by atoms with van der Waals surface area (Å²) in [5, 5.41) is 0. The Morgan fingerprint density at radius 1 is 0.872 bits per heavy atom. The second kappa shape index (κ2) is 11.4. The lowest BCUT2D eigenvalue weighted by atomic mass is 9.76. The summed E-state index contributed by atoms with van der Waals surface area (Å²) < 4.78 is 12.4. The second-order valence-corrected chi connectivity index (χ2v) is 11.4. The first-order valence-electron chi connectivity index (χ1n) is 13.7. The van der Waals surface area contributed by atoms with Gasteiger partial charge in [-0.25, -0.2) is 0 Å². The van der Waals surface area contributed by atoms with E-state index in [1.165, 1.54) is 27.9 Å². The number of benzene rings is 4. The predicted molar refractivity (Wildman–Crippen MR) is 169 cm³/mol. The average Bonchev–Trinajstić information content (AvgIpc) is 2.97. The highest BCUT2D eigenvalue weighted by atomic mass is 127. The molecule has 4 aromatic carbocycles. The van der Waals surface area contributed by atoms with Crippen LogP contribution in [0.15, 0.2) is 89.9 Å². The van der Waals surface area contributed by atoms with Gasteiger partial charge in [0.2, 0.25) is 0 Å². The predicted octanol–water partition coefficient (Wildman–Crippen LogP) is 8.33. The lowest BCUT2D eigenvalue weighted by Crippen LogP contribution is -2.37. The molecule has 4 aromatic rings. The zero-order valence-electron chi connectivity index (χ0n) is 22.4. The highest BCUT2D eigenvalue weighted by molar-refractivity contribution is 14.1. The van der Waals surface area contributed by atoms with Crippen LogP contribution in [0.2, 0.25) is 0 Å². The maximum Gasteiger partial charge on any atom is 0.174 e. The van der Waals surface area contributed by atoms with Gasteiger partial charge in [-0.3, -0.25) is 4.99 Å². The molecule has 39 heavy (non-hydrogen) atoms. The molecule has 4 nitrogen and oxygen atoms in total. The van der Waals surface area contributed by atoms with Crippen molar-refractivity contribution in [1.82, 2.24) is 0 Å². The molecule has 0 bridgehead atoms. The molecule has 5 heteroatoms. The summed E-state index contributed by atoms with van der Waals surface area (Å²) in [4.78, 5) is 7.66. The molecule has 0 aromatic heterocycles. The van der Waals surface area contributed by atoms with Crippen LogP contribution >= 0.6 is 22.6 Å². The van der Waals surface area contributed by atoms with Crippen molar-refractivity contribution in [2.75, 3.05) is 31.7 Å². The number of hydrogen-bond donors (Lipinski definition) is 0. The summed E-state index contributed by atoms with van der Waals surface area (Å²) in [6.07, 6.45) is 4.19. The fourth-order valence-electron chi connectivity index (χ4n) is 6.19. The molecule has 2 atom stereocenters. The first-order valence-corrected chi connectivity index (χ1v) is 14.8. The van der Waals surface area contributed by atoms with Crippen molar-refractivity contribution < 1.29 is 9.47 Å². The Balaban J connectivity index is 1.47. The van der Waals surface area contributed by atoms with E-state index in [9.17, 15) is 0 Å². The van der Waals surface area contributed by atoms with Crippen molar-refractivity contribution in [3.05, 3.63) is 116 Å². The van der Waals surface area contributed by atoms with E-state index in [1.54, 1.807) is 7.11 Å². The van der Waals surface area contributed by atoms with Gasteiger partial charge in [0.05, 0.1) is 23.0 Å². The Morgan fingerprint density at radius 2 is 1.46 bits per heavy atom. The smallest absolute Gasteiger partial charge is 0.174 e. The molecule has 0 fully saturated rings. The lowest BCUT2D eigenvalue weighted by molar-refractivity contribution is 0.309. The van der Waals surface area contributed by atoms with Gasteiger partial charge >= 0.3 is 0 Å². The van der Waals surface area contributed by atoms with Crippen LogP contribution in [0.25, 0.3) is 0 Å². The Bertz CT molecular complexity index is 1410. The third-order valence-electron chi connectivity index (χ3n) is 7.90. The number of anilines is 1. The normalized spacial score (nSPS) is 18.2. The molecule has 198 valence electrons. The van der Waals surface area contributed by atoms with E-state index >= 15 is 0 Å². The number of rotatable bonds is 7. The van der Waals surface area contributed by atoms with Crippen LogP contribution < -0.4 is 14.4 Å². The third kappa shape index (κ3) is 5.17. The average molecular weight is 629 g/mol. The zero-order chi connectivity index (χ0) is 26.8. The van der Waals surface area contributed by atoms with Crippen molar-refractivity contribution in [2.24, 2.45) is 4.99 Å². The summed E-state index contributed by atoms with van der Waals surface area (Å²) in [6.45, 7) is 4.75. The first kappa shape index (κ1) is 25.9. The number of halogens is 1. The molecule has 0 saturated carbocycles. The van der Waals surface area contributed by atoms with E-state index < -0.39 is 0 Å². The quantitative estimate of drug-likeness (QED) is 0.153. The highest BCUT2D eigenvalue weighted by Crippen LogP contribution is 2.50. The van der Waals surface area contributed by atoms with E-state index in [0.29, 0.717) is 18.4 Å². The lowest BCUT2D eigenvalue weighted by Gasteiger charge is -2.43. The van der Waals surface area contributed by atoms with E-state index in [1.807, 2.05) is 19.2 Å². The van der Waals surface area contributed by atoms with Crippen LogP contribution in [-0.2, 0) is 0 Å². The second-order valence-electron chi connectivity index (χ2n) is 10.2. The molecule has 0 radical (unpaired) electrons. The summed E-state index contributed by atoms with van der Waals surface area (Å²) in [6, 6.07) is 30.7. The van der Waals surface area contributed by atoms with Gasteiger partial charge in [-0.15, -0.1) is 0 Å². The van der Waals surface area contributed by atoms with Gasteiger partial charge in [0, 0.05) is 36.8 Å². The molecule has 0 spiro atoms. The maximum atomic E-state index is 5.86. The van der Waals surface area contributed by atoms with Crippen LogP contribution in [0, 0.1) is 3.57 Å². The number of aliphatic imine (C=N–C) groups is 1. The molecule has 0 unspecified atom stereocenters. The minimum absolute atomic E-state index is 0.368. The summed E-state index contributed by atoms with van der Waals surface area (Å²) in [5.74, 6) is 2.25. The van der Waals surface area contributed by atoms with E-state index in [0.717, 1.165) is 52.3 Å². The first-order chi connectivity index (χ1) is 19.2. The Hall–Kier alpha value is -3.32. The third-order valence-corrected chi connectivity index (χ3v) is 8.70. The van der Waals surface area contributed by atoms with Gasteiger partial charge in [0.1, 0.15) is 0 Å². The van der Waals surface area contributed by atoms with Gasteiger partial charge in [-0.05, 0) is 94.4 Å². The van der Waals surface area contributed by atoms with E-state index in [2.05, 4.69) is 106 Å². The summed E-state index contributed by atoms with van der Waals surface area (Å²) in [7, 11) is 1.68. The zero-order valence-corrected chi connectivity index (χ0v) is 24.6. The van der Waals surface area contributed by atoms with Crippen LogP contribution in [0.3, 0.4) is 0 Å². The fourth-order valence-corrected chi connectivity index (χ4v) is 7.03. The Labute approximate surface area is 244 Å². The van der Waals surface area contributed by atoms with Crippen LogP contribution in [0.4, 0.5) is 11.4 Å². The van der Waals surface area contributed by atoms with Gasteiger partial charge < -0.3 is 14.4 Å². The topological polar surface area (TPSA) is 34.1 Å². The molecule has 2 aliphatic rings. The molecule has 2 aliphatic heterocycles. The van der Waals surface area contributed by atoms with Crippen molar-refractivity contribution in [3.63, 3.8) is 0 Å². The Morgan fingerprint density at radius 3 is 2.00 bits per heavy atom. The maximum absolute atomic E-state index is 5.86. The van der Waals surface area contributed by atoms with Crippen molar-refractivity contribution in [3.8, 4) is 11.5 Å². The minimum atomic E-state index is 0.368. The summed E-state index contributed by atoms with van der Waals surface area (Å²) >= 11 is 2.30. The molecular formula is C34H33IN2O2. The standard InChI is InChI=1S/C34H33IN2O2/c1-3-39-32-19-23(18-31(35)34(32)38-2)22-36-26-20-29-27(24-10-6-4-7-11-24)14-16-37-17-15-28(30(21-26)33(29)37)25-12-8-5-9-13-25/h4-13,18-22,27-28H,3,14-17H2,1-2H3/t27-,28-/m1/s1. The number of methoxy groups -OCH3 is 1. The fraction of sp³-hybridized carbons (Fsp3) is 0.265. The van der Waals surface area contributed by atoms with Crippen molar-refractivity contribution in [2.45, 2.75) is 31.6 Å². The van der Waals surface area contributed by atoms with Gasteiger partial charge in [-0.1, -0.05) is 60.7 Å². The highest BCUT2D eigenvalue weighted by Gasteiger charge is 2.35. The van der Waals surface area contributed by atoms with Gasteiger partial charge in [-0.2, -0.15) is 0 Å². The van der Waals surface area contributed by atoms with Crippen LogP contribution in [-0.4, -0.2) is 33.0 Å². The molecule has 2 heterocycles. The largest absolute Gasteiger partial charge is 0.492 e. The number of hydrogen-bond acceptors (Lipinski definition) is 4. The monoisotopic (exact) mass is 628 g/mol. The minimum Gasteiger partial charge on any atom is -0.492 e. The SMILES string of the molecule is CCOc1cc(C=Nc2cc3c4c(c2)[C@@H](c2ccccc2)CCN4CC[C@@H]3c2ccccc2)cc(I)c1OC. The van der Waals surface area contributed by atoms with Crippen LogP contribution in [0.1, 0.15) is 59.4 Å². The van der Waals surface area contributed by atoms with Crippen molar-refractivity contribution in [1.29, 1.82) is 0 Å². The molecule has 0 saturated heterocycles. The van der Waals surface area contributed by atoms with Gasteiger partial charge in [0.25, 0.3) is 0 Å². The Kier molecular flexibility index (Phi) is 7.60. The molecular weight excluding hydrogens is 595 g/mol. The summed E-state index contributed by atoms with van der Waals surface area (Å²) in [5.41, 5.74) is 8.98.